The summed E-state index contributed by atoms with van der Waals surface area (Å²) in [7, 11) is 0. The van der Waals surface area contributed by atoms with Gasteiger partial charge in [0.15, 0.2) is 6.10 Å². The van der Waals surface area contributed by atoms with Crippen LogP contribution in [0.15, 0.2) is 40.9 Å². The van der Waals surface area contributed by atoms with Gasteiger partial charge in [0, 0.05) is 10.2 Å². The Morgan fingerprint density at radius 1 is 1.18 bits per heavy atom. The Morgan fingerprint density at radius 2 is 1.91 bits per heavy atom. The van der Waals surface area contributed by atoms with Gasteiger partial charge in [-0.25, -0.2) is 0 Å². The molecule has 3 nitrogen and oxygen atoms in total. The average molecular weight is 362 g/mol. The van der Waals surface area contributed by atoms with Crippen molar-refractivity contribution in [3.63, 3.8) is 0 Å². The Kier molecular flexibility index (Phi) is 5.24. The topological polar surface area (TPSA) is 38.3 Å². The number of benzene rings is 2. The lowest BCUT2D eigenvalue weighted by atomic mass is 10.1. The predicted molar refractivity (Wildman–Crippen MR) is 93.5 cm³/mol. The maximum Gasteiger partial charge on any atom is 0.265 e. The predicted octanol–water partition coefficient (Wildman–Crippen LogP) is 4.78. The molecule has 1 atom stereocenters. The lowest BCUT2D eigenvalue weighted by Gasteiger charge is -2.18. The molecular weight excluding hydrogens is 342 g/mol. The second kappa shape index (κ2) is 6.97. The Hall–Kier alpha value is -1.81. The van der Waals surface area contributed by atoms with Gasteiger partial charge in [0.1, 0.15) is 5.75 Å². The summed E-state index contributed by atoms with van der Waals surface area (Å²) in [4.78, 5) is 12.3. The molecule has 0 aromatic heterocycles. The average Bonchev–Trinajstić information content (AvgIpc) is 2.44. The minimum atomic E-state index is -0.570. The van der Waals surface area contributed by atoms with E-state index in [0.717, 1.165) is 32.6 Å². The van der Waals surface area contributed by atoms with Crippen LogP contribution in [0.5, 0.6) is 5.75 Å². The van der Waals surface area contributed by atoms with Crippen molar-refractivity contribution in [3.8, 4) is 5.75 Å². The van der Waals surface area contributed by atoms with E-state index in [2.05, 4.69) is 27.3 Å². The lowest BCUT2D eigenvalue weighted by Crippen LogP contribution is -2.30. The minimum Gasteiger partial charge on any atom is -0.481 e. The molecule has 0 aliphatic heterocycles. The smallest absolute Gasteiger partial charge is 0.265 e. The van der Waals surface area contributed by atoms with E-state index in [0.29, 0.717) is 0 Å². The van der Waals surface area contributed by atoms with E-state index in [-0.39, 0.29) is 5.91 Å². The molecule has 1 N–H and O–H groups in total. The molecule has 0 bridgehead atoms. The van der Waals surface area contributed by atoms with Crippen molar-refractivity contribution in [1.29, 1.82) is 0 Å². The molecule has 0 spiro atoms. The summed E-state index contributed by atoms with van der Waals surface area (Å²) in [6, 6.07) is 11.6. The number of rotatable bonds is 4. The number of hydrogen-bond donors (Lipinski definition) is 1. The summed E-state index contributed by atoms with van der Waals surface area (Å²) in [5.74, 6) is 0.589. The van der Waals surface area contributed by atoms with Gasteiger partial charge in [-0.3, -0.25) is 4.79 Å². The van der Waals surface area contributed by atoms with Crippen molar-refractivity contribution in [2.75, 3.05) is 5.32 Å². The van der Waals surface area contributed by atoms with E-state index in [1.807, 2.05) is 51.1 Å². The van der Waals surface area contributed by atoms with Crippen LogP contribution >= 0.6 is 15.9 Å². The molecule has 1 amide bonds. The van der Waals surface area contributed by atoms with Crippen LogP contribution in [0.4, 0.5) is 5.69 Å². The standard InChI is InChI=1S/C18H20BrNO2/c1-11-8-12(2)13(3)17(9-11)22-14(4)18(21)20-16-7-5-6-15(19)10-16/h5-10,14H,1-4H3,(H,20,21). The van der Waals surface area contributed by atoms with E-state index in [4.69, 9.17) is 4.74 Å². The van der Waals surface area contributed by atoms with Crippen LogP contribution in [0, 0.1) is 20.8 Å². The molecule has 0 saturated carbocycles. The molecule has 4 heteroatoms. The number of nitrogens with one attached hydrogen (secondary N) is 1. The van der Waals surface area contributed by atoms with Crippen LogP contribution in [0.2, 0.25) is 0 Å². The number of ether oxygens (including phenoxy) is 1. The summed E-state index contributed by atoms with van der Waals surface area (Å²) < 4.78 is 6.77. The number of aryl methyl sites for hydroxylation is 2. The zero-order chi connectivity index (χ0) is 16.3. The lowest BCUT2D eigenvalue weighted by molar-refractivity contribution is -0.122. The molecule has 2 aromatic rings. The van der Waals surface area contributed by atoms with Gasteiger partial charge in [0.2, 0.25) is 0 Å². The van der Waals surface area contributed by atoms with Crippen molar-refractivity contribution in [2.45, 2.75) is 33.8 Å². The molecule has 116 valence electrons. The zero-order valence-corrected chi connectivity index (χ0v) is 14.8. The molecule has 0 heterocycles. The number of hydrogen-bond acceptors (Lipinski definition) is 2. The van der Waals surface area contributed by atoms with Crippen LogP contribution in [-0.2, 0) is 4.79 Å². The molecule has 0 saturated heterocycles. The zero-order valence-electron chi connectivity index (χ0n) is 13.2. The van der Waals surface area contributed by atoms with Gasteiger partial charge in [-0.2, -0.15) is 0 Å². The first-order valence-corrected chi connectivity index (χ1v) is 7.97. The second-order valence-corrected chi connectivity index (χ2v) is 6.38. The van der Waals surface area contributed by atoms with Crippen LogP contribution < -0.4 is 10.1 Å². The summed E-state index contributed by atoms with van der Waals surface area (Å²) in [5.41, 5.74) is 4.09. The number of anilines is 1. The van der Waals surface area contributed by atoms with Crippen molar-refractivity contribution < 1.29 is 9.53 Å². The number of amides is 1. The van der Waals surface area contributed by atoms with Gasteiger partial charge in [-0.1, -0.05) is 28.1 Å². The fourth-order valence-corrected chi connectivity index (χ4v) is 2.58. The molecule has 0 radical (unpaired) electrons. The molecule has 0 fully saturated rings. The van der Waals surface area contributed by atoms with E-state index >= 15 is 0 Å². The third-order valence-electron chi connectivity index (χ3n) is 3.53. The molecular formula is C18H20BrNO2. The first-order valence-electron chi connectivity index (χ1n) is 7.18. The van der Waals surface area contributed by atoms with Crippen LogP contribution in [0.3, 0.4) is 0 Å². The maximum atomic E-state index is 12.3. The van der Waals surface area contributed by atoms with E-state index in [9.17, 15) is 4.79 Å². The van der Waals surface area contributed by atoms with Gasteiger partial charge < -0.3 is 10.1 Å². The highest BCUT2D eigenvalue weighted by atomic mass is 79.9. The van der Waals surface area contributed by atoms with Gasteiger partial charge in [0.05, 0.1) is 0 Å². The highest BCUT2D eigenvalue weighted by molar-refractivity contribution is 9.10. The Labute approximate surface area is 139 Å². The molecule has 1 unspecified atom stereocenters. The molecule has 2 aromatic carbocycles. The Balaban J connectivity index is 2.09. The van der Waals surface area contributed by atoms with Crippen molar-refractivity contribution in [3.05, 3.63) is 57.6 Å². The van der Waals surface area contributed by atoms with Crippen molar-refractivity contribution in [1.82, 2.24) is 0 Å². The highest BCUT2D eigenvalue weighted by Crippen LogP contribution is 2.24. The van der Waals surface area contributed by atoms with Crippen LogP contribution in [-0.4, -0.2) is 12.0 Å². The highest BCUT2D eigenvalue weighted by Gasteiger charge is 2.16. The van der Waals surface area contributed by atoms with E-state index in [1.54, 1.807) is 6.92 Å². The third-order valence-corrected chi connectivity index (χ3v) is 4.02. The quantitative estimate of drug-likeness (QED) is 0.850. The second-order valence-electron chi connectivity index (χ2n) is 5.46. The first kappa shape index (κ1) is 16.6. The van der Waals surface area contributed by atoms with Gasteiger partial charge in [0.25, 0.3) is 5.91 Å². The normalized spacial score (nSPS) is 11.9. The fourth-order valence-electron chi connectivity index (χ4n) is 2.18. The third kappa shape index (κ3) is 4.10. The number of carbonyl (C=O) groups excluding carboxylic acids is 1. The largest absolute Gasteiger partial charge is 0.481 e. The Morgan fingerprint density at radius 3 is 2.59 bits per heavy atom. The van der Waals surface area contributed by atoms with Crippen molar-refractivity contribution in [2.24, 2.45) is 0 Å². The Bertz CT molecular complexity index is 697. The monoisotopic (exact) mass is 361 g/mol. The SMILES string of the molecule is Cc1cc(C)c(C)c(OC(C)C(=O)Nc2cccc(Br)c2)c1. The van der Waals surface area contributed by atoms with Crippen LogP contribution in [0.1, 0.15) is 23.6 Å². The van der Waals surface area contributed by atoms with Gasteiger partial charge >= 0.3 is 0 Å². The number of halogens is 1. The minimum absolute atomic E-state index is 0.170. The summed E-state index contributed by atoms with van der Waals surface area (Å²) in [5, 5.41) is 2.86. The first-order chi connectivity index (χ1) is 10.4. The van der Waals surface area contributed by atoms with Crippen LogP contribution in [0.25, 0.3) is 0 Å². The molecule has 0 aliphatic carbocycles. The summed E-state index contributed by atoms with van der Waals surface area (Å²) >= 11 is 3.39. The van der Waals surface area contributed by atoms with E-state index in [1.165, 1.54) is 0 Å². The van der Waals surface area contributed by atoms with E-state index < -0.39 is 6.10 Å². The number of carbonyl (C=O) groups is 1. The molecule has 0 aliphatic rings. The summed E-state index contributed by atoms with van der Waals surface area (Å²) in [6.07, 6.45) is -0.570. The molecule has 2 rings (SSSR count). The van der Waals surface area contributed by atoms with Gasteiger partial charge in [-0.15, -0.1) is 0 Å². The summed E-state index contributed by atoms with van der Waals surface area (Å²) in [6.45, 7) is 7.82. The van der Waals surface area contributed by atoms with Crippen molar-refractivity contribution >= 4 is 27.5 Å². The maximum absolute atomic E-state index is 12.3. The fraction of sp³-hybridized carbons (Fsp3) is 0.278. The molecule has 22 heavy (non-hydrogen) atoms. The van der Waals surface area contributed by atoms with Gasteiger partial charge in [-0.05, 0) is 68.7 Å².